The lowest BCUT2D eigenvalue weighted by Crippen LogP contribution is -2.47. The molecule has 2 aliphatic heterocycles. The van der Waals surface area contributed by atoms with Crippen molar-refractivity contribution in [3.8, 4) is 0 Å². The first-order valence-corrected chi connectivity index (χ1v) is 12.3. The van der Waals surface area contributed by atoms with Gasteiger partial charge in [0.25, 0.3) is 0 Å². The fraction of sp³-hybridized carbons (Fsp3) is 0.684. The van der Waals surface area contributed by atoms with Crippen LogP contribution in [-0.2, 0) is 27.9 Å². The van der Waals surface area contributed by atoms with Gasteiger partial charge in [0.15, 0.2) is 28.9 Å². The summed E-state index contributed by atoms with van der Waals surface area (Å²) in [4.78, 5) is 26.5. The molecule has 13 nitrogen and oxygen atoms in total. The molecule has 0 saturated carbocycles. The first-order valence-electron chi connectivity index (χ1n) is 10.8. The van der Waals surface area contributed by atoms with Gasteiger partial charge in [0.05, 0.1) is 19.0 Å². The Kier molecular flexibility index (Phi) is 6.32. The number of nitrogens with zero attached hydrogens (tertiary/aromatic N) is 5. The SMILES string of the molecule is CC(C)OC(=O)[C@H](C)NP1(=O)OC[C@H]2O[C@@H](n3cnc4c(N(C)C)nc(N)nc43)[C@](C)(F)[C@@H]2O1. The van der Waals surface area contributed by atoms with E-state index in [-0.39, 0.29) is 24.3 Å². The molecule has 0 aliphatic carbocycles. The van der Waals surface area contributed by atoms with Crippen LogP contribution in [0.2, 0.25) is 0 Å². The number of ether oxygens (including phenoxy) is 2. The second-order valence-electron chi connectivity index (χ2n) is 8.96. The molecule has 2 aromatic rings. The van der Waals surface area contributed by atoms with E-state index in [1.165, 1.54) is 24.7 Å². The molecular weight excluding hydrogens is 472 g/mol. The van der Waals surface area contributed by atoms with E-state index < -0.39 is 43.9 Å². The van der Waals surface area contributed by atoms with Crippen LogP contribution in [0.5, 0.6) is 0 Å². The average molecular weight is 501 g/mol. The number of carbonyl (C=O) groups excluding carboxylic acids is 1. The van der Waals surface area contributed by atoms with Crippen molar-refractivity contribution in [3.05, 3.63) is 6.33 Å². The number of nitrogens with two attached hydrogens (primary N) is 1. The number of halogens is 1. The summed E-state index contributed by atoms with van der Waals surface area (Å²) in [5, 5.41) is 2.51. The molecule has 0 amide bonds. The van der Waals surface area contributed by atoms with E-state index in [0.29, 0.717) is 11.3 Å². The molecule has 34 heavy (non-hydrogen) atoms. The number of imidazole rings is 1. The smallest absolute Gasteiger partial charge is 0.406 e. The zero-order valence-electron chi connectivity index (χ0n) is 19.8. The van der Waals surface area contributed by atoms with Crippen molar-refractivity contribution in [2.24, 2.45) is 0 Å². The number of hydrogen-bond donors (Lipinski definition) is 2. The van der Waals surface area contributed by atoms with Crippen LogP contribution in [-0.4, -0.2) is 76.2 Å². The molecule has 6 atom stereocenters. The summed E-state index contributed by atoms with van der Waals surface area (Å²) in [6.45, 7) is 5.89. The molecule has 4 heterocycles. The van der Waals surface area contributed by atoms with Gasteiger partial charge in [-0.05, 0) is 27.7 Å². The van der Waals surface area contributed by atoms with Gasteiger partial charge >= 0.3 is 13.7 Å². The van der Waals surface area contributed by atoms with E-state index in [9.17, 15) is 9.36 Å². The third-order valence-electron chi connectivity index (χ3n) is 5.50. The molecule has 4 rings (SSSR count). The van der Waals surface area contributed by atoms with E-state index in [2.05, 4.69) is 20.0 Å². The predicted octanol–water partition coefficient (Wildman–Crippen LogP) is 1.55. The van der Waals surface area contributed by atoms with Crippen molar-refractivity contribution < 1.29 is 32.3 Å². The molecule has 0 aromatic carbocycles. The number of nitrogens with one attached hydrogen (secondary N) is 1. The second-order valence-corrected chi connectivity index (χ2v) is 10.7. The highest BCUT2D eigenvalue weighted by Crippen LogP contribution is 2.57. The van der Waals surface area contributed by atoms with E-state index in [1.54, 1.807) is 32.8 Å². The minimum Gasteiger partial charge on any atom is -0.462 e. The van der Waals surface area contributed by atoms with Crippen molar-refractivity contribution in [2.75, 3.05) is 31.3 Å². The van der Waals surface area contributed by atoms with Crippen molar-refractivity contribution in [3.63, 3.8) is 0 Å². The number of nitrogen functional groups attached to an aromatic ring is 1. The third kappa shape index (κ3) is 4.36. The standard InChI is InChI=1S/C19H29FN7O6P/c1-9(2)31-16(28)10(3)25-34(29)30-7-11-13(33-34)19(4,20)17(32-11)27-8-22-12-14(26(5)6)23-18(21)24-15(12)27/h8-11,13,17H,7H2,1-6H3,(H,25,29)(H2,21,23,24)/t10-,11+,13+,17+,19+,34?/m0/s1. The van der Waals surface area contributed by atoms with Crippen LogP contribution in [0, 0.1) is 0 Å². The first kappa shape index (κ1) is 24.7. The van der Waals surface area contributed by atoms with Crippen LogP contribution in [0.25, 0.3) is 11.2 Å². The van der Waals surface area contributed by atoms with Gasteiger partial charge in [-0.25, -0.2) is 19.0 Å². The maximum absolute atomic E-state index is 16.2. The molecule has 2 aliphatic rings. The lowest BCUT2D eigenvalue weighted by atomic mass is 9.98. The number of anilines is 2. The first-order chi connectivity index (χ1) is 15.8. The van der Waals surface area contributed by atoms with E-state index in [0.717, 1.165) is 0 Å². The van der Waals surface area contributed by atoms with Crippen molar-refractivity contribution in [2.45, 2.75) is 63.9 Å². The maximum Gasteiger partial charge on any atom is 0.406 e. The highest BCUT2D eigenvalue weighted by Gasteiger charge is 2.61. The Morgan fingerprint density at radius 3 is 2.76 bits per heavy atom. The van der Waals surface area contributed by atoms with Crippen LogP contribution in [0.15, 0.2) is 6.33 Å². The number of fused-ring (bicyclic) bond motifs is 2. The minimum atomic E-state index is -4.04. The zero-order chi connectivity index (χ0) is 25.0. The summed E-state index contributed by atoms with van der Waals surface area (Å²) in [7, 11) is -0.502. The van der Waals surface area contributed by atoms with Crippen molar-refractivity contribution >= 4 is 36.6 Å². The highest BCUT2D eigenvalue weighted by atomic mass is 31.2. The van der Waals surface area contributed by atoms with Gasteiger partial charge in [0.1, 0.15) is 18.2 Å². The largest absolute Gasteiger partial charge is 0.462 e. The monoisotopic (exact) mass is 501 g/mol. The van der Waals surface area contributed by atoms with Gasteiger partial charge in [-0.15, -0.1) is 0 Å². The summed E-state index contributed by atoms with van der Waals surface area (Å²) >= 11 is 0. The lowest BCUT2D eigenvalue weighted by molar-refractivity contribution is -0.149. The van der Waals surface area contributed by atoms with Crippen LogP contribution >= 0.6 is 7.75 Å². The number of rotatable bonds is 6. The molecule has 2 aromatic heterocycles. The lowest BCUT2D eigenvalue weighted by Gasteiger charge is -2.35. The van der Waals surface area contributed by atoms with Gasteiger partial charge in [-0.1, -0.05) is 0 Å². The topological polar surface area (TPSA) is 156 Å². The molecule has 0 spiro atoms. The molecule has 2 saturated heterocycles. The maximum atomic E-state index is 16.2. The summed E-state index contributed by atoms with van der Waals surface area (Å²) in [5.41, 5.74) is 4.38. The summed E-state index contributed by atoms with van der Waals surface area (Å²) in [5.74, 6) is -0.181. The van der Waals surface area contributed by atoms with Gasteiger partial charge in [-0.2, -0.15) is 9.97 Å². The Morgan fingerprint density at radius 2 is 2.12 bits per heavy atom. The van der Waals surface area contributed by atoms with E-state index >= 15 is 4.39 Å². The number of carbonyl (C=O) groups is 1. The molecule has 0 radical (unpaired) electrons. The molecule has 3 N–H and O–H groups in total. The van der Waals surface area contributed by atoms with E-state index in [4.69, 9.17) is 24.3 Å². The Balaban J connectivity index is 1.60. The van der Waals surface area contributed by atoms with Crippen LogP contribution in [0.4, 0.5) is 16.2 Å². The molecule has 1 unspecified atom stereocenters. The van der Waals surface area contributed by atoms with Gasteiger partial charge in [0.2, 0.25) is 5.95 Å². The second kappa shape index (κ2) is 8.68. The fourth-order valence-electron chi connectivity index (χ4n) is 3.95. The third-order valence-corrected chi connectivity index (χ3v) is 7.19. The van der Waals surface area contributed by atoms with Gasteiger partial charge in [-0.3, -0.25) is 18.4 Å². The fourth-order valence-corrected chi connectivity index (χ4v) is 5.71. The van der Waals surface area contributed by atoms with Gasteiger partial charge in [0, 0.05) is 14.1 Å². The van der Waals surface area contributed by atoms with Crippen LogP contribution in [0.3, 0.4) is 0 Å². The Morgan fingerprint density at radius 1 is 1.41 bits per heavy atom. The predicted molar refractivity (Wildman–Crippen MR) is 120 cm³/mol. The van der Waals surface area contributed by atoms with Gasteiger partial charge < -0.3 is 20.1 Å². The molecule has 15 heteroatoms. The summed E-state index contributed by atoms with van der Waals surface area (Å²) < 4.78 is 52.7. The van der Waals surface area contributed by atoms with Crippen LogP contribution in [0.1, 0.15) is 33.9 Å². The molecular formula is C19H29FN7O6P. The normalized spacial score (nSPS) is 32.1. The number of hydrogen-bond acceptors (Lipinski definition) is 11. The van der Waals surface area contributed by atoms with E-state index in [1.807, 2.05) is 0 Å². The van der Waals surface area contributed by atoms with Crippen molar-refractivity contribution in [1.82, 2.24) is 24.6 Å². The average Bonchev–Trinajstić information content (AvgIpc) is 3.24. The van der Waals surface area contributed by atoms with Crippen LogP contribution < -0.4 is 15.7 Å². The molecule has 188 valence electrons. The Hall–Kier alpha value is -2.38. The number of esters is 1. The van der Waals surface area contributed by atoms with Crippen molar-refractivity contribution in [1.29, 1.82) is 0 Å². The summed E-state index contributed by atoms with van der Waals surface area (Å²) in [6, 6.07) is -1.00. The Labute approximate surface area is 195 Å². The minimum absolute atomic E-state index is 0.00974. The Bertz CT molecular complexity index is 1140. The number of aromatic nitrogens is 4. The highest BCUT2D eigenvalue weighted by molar-refractivity contribution is 7.51. The zero-order valence-corrected chi connectivity index (χ0v) is 20.7. The molecule has 0 bridgehead atoms. The summed E-state index contributed by atoms with van der Waals surface area (Å²) in [6.07, 6.45) is -2.33. The molecule has 2 fully saturated rings. The number of alkyl halides is 1. The quantitative estimate of drug-likeness (QED) is 0.436.